The third-order valence-corrected chi connectivity index (χ3v) is 5.47. The van der Waals surface area contributed by atoms with Crippen LogP contribution >= 0.6 is 11.8 Å². The van der Waals surface area contributed by atoms with Crippen molar-refractivity contribution in [1.82, 2.24) is 34.7 Å². The third-order valence-electron chi connectivity index (χ3n) is 4.93. The topological polar surface area (TPSA) is 90.0 Å². The SMILES string of the molecule is CSc1nc2nc(C)c(CC(=O)NCc3cccc(Cn4cccn4)c3)c(C)n2n1. The van der Waals surface area contributed by atoms with Crippen LogP contribution in [0.15, 0.2) is 47.9 Å². The molecule has 154 valence electrons. The molecule has 0 aliphatic heterocycles. The Morgan fingerprint density at radius 3 is 2.77 bits per heavy atom. The fourth-order valence-electron chi connectivity index (χ4n) is 3.38. The number of nitrogens with zero attached hydrogens (tertiary/aromatic N) is 6. The summed E-state index contributed by atoms with van der Waals surface area (Å²) in [5.74, 6) is 0.512. The first-order valence-corrected chi connectivity index (χ1v) is 10.8. The summed E-state index contributed by atoms with van der Waals surface area (Å²) in [6.45, 7) is 5.03. The van der Waals surface area contributed by atoms with Crippen LogP contribution in [0.2, 0.25) is 0 Å². The fraction of sp³-hybridized carbons (Fsp3) is 0.286. The molecular weight excluding hydrogens is 398 g/mol. The van der Waals surface area contributed by atoms with Gasteiger partial charge < -0.3 is 5.32 Å². The van der Waals surface area contributed by atoms with Crippen LogP contribution in [0.1, 0.15) is 28.1 Å². The van der Waals surface area contributed by atoms with Gasteiger partial charge in [-0.05, 0) is 37.3 Å². The average Bonchev–Trinajstić information content (AvgIpc) is 3.39. The number of hydrogen-bond acceptors (Lipinski definition) is 6. The number of rotatable bonds is 7. The normalized spacial score (nSPS) is 11.2. The van der Waals surface area contributed by atoms with Crippen molar-refractivity contribution in [1.29, 1.82) is 0 Å². The van der Waals surface area contributed by atoms with Gasteiger partial charge >= 0.3 is 0 Å². The van der Waals surface area contributed by atoms with E-state index in [1.165, 1.54) is 11.8 Å². The monoisotopic (exact) mass is 421 g/mol. The molecule has 8 nitrogen and oxygen atoms in total. The van der Waals surface area contributed by atoms with Gasteiger partial charge in [-0.25, -0.2) is 9.50 Å². The highest BCUT2D eigenvalue weighted by molar-refractivity contribution is 7.98. The summed E-state index contributed by atoms with van der Waals surface area (Å²) in [7, 11) is 0. The third kappa shape index (κ3) is 4.35. The van der Waals surface area contributed by atoms with Gasteiger partial charge in [0.15, 0.2) is 0 Å². The number of aryl methyl sites for hydroxylation is 2. The maximum Gasteiger partial charge on any atom is 0.253 e. The molecule has 0 radical (unpaired) electrons. The number of fused-ring (bicyclic) bond motifs is 1. The summed E-state index contributed by atoms with van der Waals surface area (Å²) in [5.41, 5.74) is 4.77. The highest BCUT2D eigenvalue weighted by Crippen LogP contribution is 2.17. The molecule has 0 saturated heterocycles. The van der Waals surface area contributed by atoms with Crippen molar-refractivity contribution in [3.63, 3.8) is 0 Å². The van der Waals surface area contributed by atoms with Crippen molar-refractivity contribution in [3.05, 3.63) is 70.8 Å². The summed E-state index contributed by atoms with van der Waals surface area (Å²) in [5, 5.41) is 12.4. The minimum atomic E-state index is -0.0509. The summed E-state index contributed by atoms with van der Waals surface area (Å²) >= 11 is 1.47. The van der Waals surface area contributed by atoms with Gasteiger partial charge in [-0.1, -0.05) is 36.0 Å². The highest BCUT2D eigenvalue weighted by Gasteiger charge is 2.16. The number of hydrogen-bond donors (Lipinski definition) is 1. The standard InChI is InChI=1S/C21H23N7OS/c1-14-18(15(2)28-20(24-14)25-21(26-28)30-3)11-19(29)22-12-16-6-4-7-17(10-16)13-27-9-5-8-23-27/h4-10H,11-13H2,1-3H3,(H,22,29). The zero-order chi connectivity index (χ0) is 21.1. The molecule has 0 atom stereocenters. The quantitative estimate of drug-likeness (QED) is 0.461. The smallest absolute Gasteiger partial charge is 0.253 e. The van der Waals surface area contributed by atoms with Crippen LogP contribution in [0.4, 0.5) is 0 Å². The molecule has 1 N–H and O–H groups in total. The van der Waals surface area contributed by atoms with E-state index in [0.717, 1.165) is 28.1 Å². The lowest BCUT2D eigenvalue weighted by atomic mass is 10.1. The van der Waals surface area contributed by atoms with Crippen molar-refractivity contribution in [2.24, 2.45) is 0 Å². The molecule has 9 heteroatoms. The van der Waals surface area contributed by atoms with E-state index in [-0.39, 0.29) is 12.3 Å². The van der Waals surface area contributed by atoms with E-state index in [1.54, 1.807) is 10.7 Å². The fourth-order valence-corrected chi connectivity index (χ4v) is 3.71. The molecule has 1 aromatic carbocycles. The van der Waals surface area contributed by atoms with E-state index < -0.39 is 0 Å². The Hall–Kier alpha value is -3.20. The van der Waals surface area contributed by atoms with Crippen molar-refractivity contribution in [2.45, 2.75) is 38.5 Å². The van der Waals surface area contributed by atoms with Crippen LogP contribution in [0, 0.1) is 13.8 Å². The molecule has 0 spiro atoms. The molecule has 0 fully saturated rings. The van der Waals surface area contributed by atoms with Crippen molar-refractivity contribution in [3.8, 4) is 0 Å². The van der Waals surface area contributed by atoms with Crippen LogP contribution in [0.5, 0.6) is 0 Å². The minimum absolute atomic E-state index is 0.0509. The van der Waals surface area contributed by atoms with Crippen molar-refractivity contribution in [2.75, 3.05) is 6.26 Å². The Kier molecular flexibility index (Phi) is 5.80. The molecule has 0 aliphatic carbocycles. The molecular formula is C21H23N7OS. The maximum absolute atomic E-state index is 12.6. The number of aromatic nitrogens is 6. The molecule has 4 rings (SSSR count). The highest BCUT2D eigenvalue weighted by atomic mass is 32.2. The van der Waals surface area contributed by atoms with E-state index in [0.29, 0.717) is 24.0 Å². The molecule has 0 saturated carbocycles. The van der Waals surface area contributed by atoms with Crippen LogP contribution < -0.4 is 5.32 Å². The van der Waals surface area contributed by atoms with Gasteiger partial charge in [0.25, 0.3) is 5.78 Å². The number of thioether (sulfide) groups is 1. The zero-order valence-corrected chi connectivity index (χ0v) is 18.0. The van der Waals surface area contributed by atoms with Gasteiger partial charge in [-0.2, -0.15) is 10.1 Å². The average molecular weight is 422 g/mol. The Balaban J connectivity index is 1.43. The predicted molar refractivity (Wildman–Crippen MR) is 115 cm³/mol. The first kappa shape index (κ1) is 20.1. The van der Waals surface area contributed by atoms with Gasteiger partial charge in [0, 0.05) is 35.9 Å². The molecule has 0 bridgehead atoms. The summed E-state index contributed by atoms with van der Waals surface area (Å²) in [6, 6.07) is 10.1. The molecule has 1 amide bonds. The van der Waals surface area contributed by atoms with Crippen molar-refractivity contribution < 1.29 is 4.79 Å². The molecule has 3 heterocycles. The van der Waals surface area contributed by atoms with E-state index in [2.05, 4.69) is 37.6 Å². The maximum atomic E-state index is 12.6. The van der Waals surface area contributed by atoms with Gasteiger partial charge in [-0.15, -0.1) is 5.10 Å². The second-order valence-electron chi connectivity index (χ2n) is 7.05. The van der Waals surface area contributed by atoms with Gasteiger partial charge in [0.2, 0.25) is 11.1 Å². The molecule has 4 aromatic rings. The van der Waals surface area contributed by atoms with Gasteiger partial charge in [0.05, 0.1) is 13.0 Å². The Morgan fingerprint density at radius 2 is 2.00 bits per heavy atom. The van der Waals surface area contributed by atoms with E-state index in [9.17, 15) is 4.79 Å². The second kappa shape index (κ2) is 8.66. The predicted octanol–water partition coefficient (Wildman–Crippen LogP) is 2.57. The number of benzene rings is 1. The molecule has 0 unspecified atom stereocenters. The number of amides is 1. The van der Waals surface area contributed by atoms with Gasteiger partial charge in [-0.3, -0.25) is 9.48 Å². The van der Waals surface area contributed by atoms with Crippen LogP contribution in [0.25, 0.3) is 5.78 Å². The Morgan fingerprint density at radius 1 is 1.17 bits per heavy atom. The lowest BCUT2D eigenvalue weighted by Crippen LogP contribution is -2.26. The lowest BCUT2D eigenvalue weighted by Gasteiger charge is -2.11. The number of carbonyl (C=O) groups excluding carboxylic acids is 1. The first-order chi connectivity index (χ1) is 14.5. The van der Waals surface area contributed by atoms with E-state index in [1.807, 2.05) is 49.2 Å². The zero-order valence-electron chi connectivity index (χ0n) is 17.2. The Labute approximate surface area is 178 Å². The van der Waals surface area contributed by atoms with Crippen molar-refractivity contribution >= 4 is 23.4 Å². The van der Waals surface area contributed by atoms with Crippen LogP contribution in [-0.4, -0.2) is 41.5 Å². The van der Waals surface area contributed by atoms with Crippen LogP contribution in [0.3, 0.4) is 0 Å². The first-order valence-electron chi connectivity index (χ1n) is 9.62. The number of carbonyl (C=O) groups is 1. The van der Waals surface area contributed by atoms with Crippen LogP contribution in [-0.2, 0) is 24.3 Å². The van der Waals surface area contributed by atoms with E-state index >= 15 is 0 Å². The van der Waals surface area contributed by atoms with E-state index in [4.69, 9.17) is 0 Å². The number of nitrogens with one attached hydrogen (secondary N) is 1. The molecule has 3 aromatic heterocycles. The molecule has 0 aliphatic rings. The Bertz CT molecular complexity index is 1180. The van der Waals surface area contributed by atoms with Gasteiger partial charge in [0.1, 0.15) is 0 Å². The second-order valence-corrected chi connectivity index (χ2v) is 7.82. The summed E-state index contributed by atoms with van der Waals surface area (Å²) in [4.78, 5) is 21.5. The molecule has 30 heavy (non-hydrogen) atoms. The lowest BCUT2D eigenvalue weighted by molar-refractivity contribution is -0.120. The summed E-state index contributed by atoms with van der Waals surface area (Å²) < 4.78 is 3.58. The largest absolute Gasteiger partial charge is 0.352 e. The minimum Gasteiger partial charge on any atom is -0.352 e. The summed E-state index contributed by atoms with van der Waals surface area (Å²) in [6.07, 6.45) is 5.88.